The van der Waals surface area contributed by atoms with Gasteiger partial charge in [-0.3, -0.25) is 14.9 Å². The Balaban J connectivity index is 1.53. The molecule has 3 rings (SSSR count). The molecule has 0 saturated carbocycles. The lowest BCUT2D eigenvalue weighted by Gasteiger charge is -2.06. The number of hydrogen-bond donors (Lipinski definition) is 3. The van der Waals surface area contributed by atoms with Crippen molar-refractivity contribution in [3.8, 4) is 0 Å². The fourth-order valence-corrected chi connectivity index (χ4v) is 3.88. The molecule has 0 saturated heterocycles. The Morgan fingerprint density at radius 3 is 2.72 bits per heavy atom. The van der Waals surface area contributed by atoms with E-state index >= 15 is 0 Å². The summed E-state index contributed by atoms with van der Waals surface area (Å²) in [7, 11) is 0. The molecule has 0 aliphatic rings. The van der Waals surface area contributed by atoms with Crippen LogP contribution in [0.15, 0.2) is 51.4 Å². The van der Waals surface area contributed by atoms with Gasteiger partial charge < -0.3 is 15.5 Å². The number of allylic oxidation sites excluding steroid dienone is 2. The van der Waals surface area contributed by atoms with E-state index in [4.69, 9.17) is 10.2 Å². The van der Waals surface area contributed by atoms with E-state index in [9.17, 15) is 9.59 Å². The Morgan fingerprint density at radius 1 is 1.21 bits per heavy atom. The fourth-order valence-electron chi connectivity index (χ4n) is 2.16. The van der Waals surface area contributed by atoms with Gasteiger partial charge in [0.15, 0.2) is 5.13 Å². The van der Waals surface area contributed by atoms with Gasteiger partial charge in [0.25, 0.3) is 0 Å². The Bertz CT molecular complexity index is 1060. The molecule has 2 amide bonds. The van der Waals surface area contributed by atoms with Crippen molar-refractivity contribution in [3.63, 3.8) is 0 Å². The molecule has 0 aliphatic heterocycles. The molecule has 4 N–H and O–H groups in total. The molecule has 0 bridgehead atoms. The van der Waals surface area contributed by atoms with Crippen molar-refractivity contribution in [3.05, 3.63) is 54.4 Å². The zero-order valence-electron chi connectivity index (χ0n) is 15.8. The third-order valence-electron chi connectivity index (χ3n) is 3.83. The van der Waals surface area contributed by atoms with Crippen molar-refractivity contribution >= 4 is 57.0 Å². The minimum Gasteiger partial charge on any atom is -0.440 e. The maximum atomic E-state index is 12.1. The number of benzene rings is 1. The number of oxazole rings is 1. The van der Waals surface area contributed by atoms with Crippen molar-refractivity contribution in [2.45, 2.75) is 23.8 Å². The Labute approximate surface area is 175 Å². The molecular formula is C19H19N5O3S2. The van der Waals surface area contributed by atoms with Gasteiger partial charge in [-0.05, 0) is 31.6 Å². The molecule has 10 heteroatoms. The number of thiazole rings is 1. The molecule has 2 aromatic heterocycles. The molecule has 0 radical (unpaired) electrons. The second-order valence-corrected chi connectivity index (χ2v) is 8.16. The van der Waals surface area contributed by atoms with Crippen molar-refractivity contribution in [1.29, 1.82) is 0 Å². The second-order valence-electron chi connectivity index (χ2n) is 5.86. The van der Waals surface area contributed by atoms with Crippen LogP contribution < -0.4 is 16.4 Å². The highest BCUT2D eigenvalue weighted by atomic mass is 32.2. The van der Waals surface area contributed by atoms with Crippen LogP contribution in [0.4, 0.5) is 16.5 Å². The summed E-state index contributed by atoms with van der Waals surface area (Å²) in [6, 6.07) is 6.70. The van der Waals surface area contributed by atoms with Crippen molar-refractivity contribution in [1.82, 2.24) is 9.97 Å². The van der Waals surface area contributed by atoms with Crippen LogP contribution in [0.2, 0.25) is 0 Å². The number of nitrogens with one attached hydrogen (secondary N) is 2. The van der Waals surface area contributed by atoms with E-state index in [-0.39, 0.29) is 0 Å². The first-order valence-corrected chi connectivity index (χ1v) is 10.4. The number of nitrogens with zero attached hydrogens (tertiary/aromatic N) is 2. The SMILES string of the molecule is C/C=C(/C)c1cnc(CSc2cnc(NC(=O)C(=O)Nc3ccccc3N)s2)o1. The van der Waals surface area contributed by atoms with Crippen LogP contribution >= 0.6 is 23.1 Å². The highest BCUT2D eigenvalue weighted by Crippen LogP contribution is 2.31. The summed E-state index contributed by atoms with van der Waals surface area (Å²) in [4.78, 5) is 32.5. The maximum absolute atomic E-state index is 12.1. The maximum Gasteiger partial charge on any atom is 0.315 e. The van der Waals surface area contributed by atoms with Gasteiger partial charge in [-0.1, -0.05) is 29.5 Å². The lowest BCUT2D eigenvalue weighted by molar-refractivity contribution is -0.132. The van der Waals surface area contributed by atoms with Gasteiger partial charge in [0.1, 0.15) is 5.76 Å². The van der Waals surface area contributed by atoms with Crippen molar-refractivity contribution in [2.24, 2.45) is 0 Å². The highest BCUT2D eigenvalue weighted by molar-refractivity contribution is 8.00. The van der Waals surface area contributed by atoms with Crippen LogP contribution in [0.3, 0.4) is 0 Å². The van der Waals surface area contributed by atoms with E-state index in [1.165, 1.54) is 23.1 Å². The number of carbonyl (C=O) groups is 2. The summed E-state index contributed by atoms with van der Waals surface area (Å²) < 4.78 is 6.54. The third-order valence-corrected chi connectivity index (χ3v) is 5.93. The number of amides is 2. The molecule has 8 nitrogen and oxygen atoms in total. The number of nitrogens with two attached hydrogens (primary N) is 1. The molecule has 0 atom stereocenters. The van der Waals surface area contributed by atoms with Crippen molar-refractivity contribution in [2.75, 3.05) is 16.4 Å². The van der Waals surface area contributed by atoms with Crippen LogP contribution in [-0.4, -0.2) is 21.8 Å². The quantitative estimate of drug-likeness (QED) is 0.307. The lowest BCUT2D eigenvalue weighted by Crippen LogP contribution is -2.29. The van der Waals surface area contributed by atoms with E-state index in [1.54, 1.807) is 36.7 Å². The first-order valence-electron chi connectivity index (χ1n) is 8.59. The topological polar surface area (TPSA) is 123 Å². The standard InChI is InChI=1S/C19H19N5O3S2/c1-3-11(2)14-8-21-15(27-14)10-28-16-9-22-19(29-16)24-18(26)17(25)23-13-7-5-4-6-12(13)20/h3-9H,10,20H2,1-2H3,(H,23,25)(H,22,24,26)/b11-3-. The van der Waals surface area contributed by atoms with E-state index in [0.717, 1.165) is 15.5 Å². The molecular weight excluding hydrogens is 410 g/mol. The molecule has 29 heavy (non-hydrogen) atoms. The van der Waals surface area contributed by atoms with Gasteiger partial charge in [0, 0.05) is 0 Å². The average Bonchev–Trinajstić information content (AvgIpc) is 3.37. The fraction of sp³-hybridized carbons (Fsp3) is 0.158. The molecule has 2 heterocycles. The zero-order chi connectivity index (χ0) is 20.8. The summed E-state index contributed by atoms with van der Waals surface area (Å²) in [5, 5.41) is 5.28. The number of para-hydroxylation sites is 2. The Hall–Kier alpha value is -3.11. The van der Waals surface area contributed by atoms with E-state index in [0.29, 0.717) is 28.1 Å². The molecule has 150 valence electrons. The minimum atomic E-state index is -0.821. The number of nitrogen functional groups attached to an aromatic ring is 1. The lowest BCUT2D eigenvalue weighted by atomic mass is 10.2. The number of thioether (sulfide) groups is 1. The van der Waals surface area contributed by atoms with Crippen LogP contribution in [0.25, 0.3) is 5.57 Å². The normalized spacial score (nSPS) is 11.3. The summed E-state index contributed by atoms with van der Waals surface area (Å²) in [6.45, 7) is 3.90. The average molecular weight is 430 g/mol. The first-order chi connectivity index (χ1) is 14.0. The van der Waals surface area contributed by atoms with Gasteiger partial charge in [-0.15, -0.1) is 11.8 Å². The molecule has 0 fully saturated rings. The molecule has 0 aliphatic carbocycles. The van der Waals surface area contributed by atoms with Gasteiger partial charge in [0.2, 0.25) is 5.89 Å². The molecule has 1 aromatic carbocycles. The summed E-state index contributed by atoms with van der Waals surface area (Å²) >= 11 is 2.74. The van der Waals surface area contributed by atoms with E-state index < -0.39 is 11.8 Å². The largest absolute Gasteiger partial charge is 0.440 e. The van der Waals surface area contributed by atoms with E-state index in [2.05, 4.69) is 20.6 Å². The number of anilines is 3. The predicted octanol–water partition coefficient (Wildman–Crippen LogP) is 4.01. The molecule has 0 spiro atoms. The van der Waals surface area contributed by atoms with Crippen LogP contribution in [0.1, 0.15) is 25.5 Å². The van der Waals surface area contributed by atoms with E-state index in [1.807, 2.05) is 19.9 Å². The van der Waals surface area contributed by atoms with Crippen LogP contribution in [0.5, 0.6) is 0 Å². The van der Waals surface area contributed by atoms with Crippen LogP contribution in [-0.2, 0) is 15.3 Å². The number of rotatable bonds is 6. The minimum absolute atomic E-state index is 0.325. The molecule has 3 aromatic rings. The van der Waals surface area contributed by atoms with Gasteiger partial charge in [0.05, 0.1) is 33.7 Å². The first kappa shape index (κ1) is 20.6. The smallest absolute Gasteiger partial charge is 0.315 e. The summed E-state index contributed by atoms with van der Waals surface area (Å²) in [5.41, 5.74) is 7.53. The number of aromatic nitrogens is 2. The predicted molar refractivity (Wildman–Crippen MR) is 116 cm³/mol. The second kappa shape index (κ2) is 9.39. The summed E-state index contributed by atoms with van der Waals surface area (Å²) in [5.74, 6) is 0.230. The zero-order valence-corrected chi connectivity index (χ0v) is 17.4. The van der Waals surface area contributed by atoms with Crippen molar-refractivity contribution < 1.29 is 14.0 Å². The Morgan fingerprint density at radius 2 is 1.97 bits per heavy atom. The number of hydrogen-bond acceptors (Lipinski definition) is 8. The third kappa shape index (κ3) is 5.46. The number of carbonyl (C=O) groups excluding carboxylic acids is 2. The summed E-state index contributed by atoms with van der Waals surface area (Å²) in [6.07, 6.45) is 5.28. The highest BCUT2D eigenvalue weighted by Gasteiger charge is 2.17. The molecule has 0 unspecified atom stereocenters. The van der Waals surface area contributed by atoms with Gasteiger partial charge in [-0.2, -0.15) is 0 Å². The van der Waals surface area contributed by atoms with Crippen LogP contribution in [0, 0.1) is 0 Å². The monoisotopic (exact) mass is 429 g/mol. The van der Waals surface area contributed by atoms with Gasteiger partial charge in [-0.25, -0.2) is 9.97 Å². The Kier molecular flexibility index (Phi) is 6.68. The van der Waals surface area contributed by atoms with Gasteiger partial charge >= 0.3 is 11.8 Å².